The van der Waals surface area contributed by atoms with Gasteiger partial charge in [-0.3, -0.25) is 0 Å². The lowest BCUT2D eigenvalue weighted by Crippen LogP contribution is -2.37. The fraction of sp³-hybridized carbons (Fsp3) is 0.478. The number of methoxy groups -OCH3 is 1. The molecule has 0 saturated heterocycles. The maximum absolute atomic E-state index is 6.21. The second kappa shape index (κ2) is 7.42. The molecule has 1 fully saturated rings. The highest BCUT2D eigenvalue weighted by Crippen LogP contribution is 2.56. The minimum Gasteiger partial charge on any atom is -0.497 e. The highest BCUT2D eigenvalue weighted by molar-refractivity contribution is 5.42. The van der Waals surface area contributed by atoms with Gasteiger partial charge in [0.15, 0.2) is 0 Å². The highest BCUT2D eigenvalue weighted by atomic mass is 16.7. The van der Waals surface area contributed by atoms with Crippen molar-refractivity contribution in [1.82, 2.24) is 0 Å². The Morgan fingerprint density at radius 3 is 2.73 bits per heavy atom. The molecule has 3 heteroatoms. The van der Waals surface area contributed by atoms with Gasteiger partial charge in [0.2, 0.25) is 0 Å². The molecular weight excluding hydrogens is 324 g/mol. The summed E-state index contributed by atoms with van der Waals surface area (Å²) in [6, 6.07) is 16.8. The van der Waals surface area contributed by atoms with Crippen molar-refractivity contribution >= 4 is 0 Å². The van der Waals surface area contributed by atoms with Gasteiger partial charge >= 0.3 is 0 Å². The summed E-state index contributed by atoms with van der Waals surface area (Å²) < 4.78 is 17.4. The van der Waals surface area contributed by atoms with E-state index >= 15 is 0 Å². The van der Waals surface area contributed by atoms with Gasteiger partial charge < -0.3 is 14.2 Å². The summed E-state index contributed by atoms with van der Waals surface area (Å²) in [5.74, 6) is 1.55. The first kappa shape index (κ1) is 17.6. The van der Waals surface area contributed by atoms with E-state index in [1.165, 1.54) is 29.5 Å². The number of rotatable bonds is 6. The van der Waals surface area contributed by atoms with Crippen LogP contribution in [0.4, 0.5) is 0 Å². The number of ether oxygens (including phenoxy) is 3. The van der Waals surface area contributed by atoms with Crippen LogP contribution in [0.1, 0.15) is 48.8 Å². The summed E-state index contributed by atoms with van der Waals surface area (Å²) in [4.78, 5) is 0. The van der Waals surface area contributed by atoms with E-state index in [9.17, 15) is 0 Å². The normalized spacial score (nSPS) is 27.0. The molecule has 0 amide bonds. The Labute approximate surface area is 156 Å². The van der Waals surface area contributed by atoms with Gasteiger partial charge in [0.1, 0.15) is 12.5 Å². The Morgan fingerprint density at radius 2 is 1.92 bits per heavy atom. The summed E-state index contributed by atoms with van der Waals surface area (Å²) in [5, 5.41) is 0. The van der Waals surface area contributed by atoms with E-state index in [0.29, 0.717) is 19.3 Å². The average Bonchev–Trinajstić information content (AvgIpc) is 3.02. The average molecular weight is 352 g/mol. The SMILES string of the molecule is COc1ccc2c(c1)CC[C@@]1(C)[C@@H](OCOCc3ccccc3)CC[C@H]21. The molecule has 0 unspecified atom stereocenters. The van der Waals surface area contributed by atoms with Crippen molar-refractivity contribution in [2.75, 3.05) is 13.9 Å². The Morgan fingerprint density at radius 1 is 1.08 bits per heavy atom. The quantitative estimate of drug-likeness (QED) is 0.536. The van der Waals surface area contributed by atoms with Crippen molar-refractivity contribution in [3.05, 3.63) is 65.2 Å². The topological polar surface area (TPSA) is 27.7 Å². The zero-order chi connectivity index (χ0) is 18.0. The first-order chi connectivity index (χ1) is 12.7. The van der Waals surface area contributed by atoms with Crippen LogP contribution in [0.15, 0.2) is 48.5 Å². The predicted molar refractivity (Wildman–Crippen MR) is 102 cm³/mol. The highest BCUT2D eigenvalue weighted by Gasteiger charge is 2.50. The maximum atomic E-state index is 6.21. The summed E-state index contributed by atoms with van der Waals surface area (Å²) in [7, 11) is 1.74. The van der Waals surface area contributed by atoms with Crippen molar-refractivity contribution in [2.24, 2.45) is 5.41 Å². The molecule has 2 aliphatic carbocycles. The smallest absolute Gasteiger partial charge is 0.147 e. The van der Waals surface area contributed by atoms with Gasteiger partial charge in [-0.15, -0.1) is 0 Å². The van der Waals surface area contributed by atoms with Crippen LogP contribution in [0.2, 0.25) is 0 Å². The van der Waals surface area contributed by atoms with Crippen LogP contribution in [-0.4, -0.2) is 20.0 Å². The second-order valence-electron chi connectivity index (χ2n) is 7.81. The van der Waals surface area contributed by atoms with Crippen LogP contribution in [0.5, 0.6) is 5.75 Å². The predicted octanol–water partition coefficient (Wildman–Crippen LogP) is 5.08. The fourth-order valence-corrected chi connectivity index (χ4v) is 4.86. The Bertz CT molecular complexity index is 742. The van der Waals surface area contributed by atoms with E-state index in [0.717, 1.165) is 18.6 Å². The molecule has 0 heterocycles. The van der Waals surface area contributed by atoms with Crippen LogP contribution in [-0.2, 0) is 22.5 Å². The lowest BCUT2D eigenvalue weighted by molar-refractivity contribution is -0.127. The molecule has 4 rings (SSSR count). The van der Waals surface area contributed by atoms with Gasteiger partial charge in [0.05, 0.1) is 19.8 Å². The lowest BCUT2D eigenvalue weighted by Gasteiger charge is -2.41. The van der Waals surface area contributed by atoms with Crippen LogP contribution in [0, 0.1) is 5.41 Å². The number of hydrogen-bond donors (Lipinski definition) is 0. The van der Waals surface area contributed by atoms with Crippen molar-refractivity contribution in [3.63, 3.8) is 0 Å². The van der Waals surface area contributed by atoms with Gasteiger partial charge in [-0.1, -0.05) is 43.3 Å². The summed E-state index contributed by atoms with van der Waals surface area (Å²) in [6.07, 6.45) is 4.85. The van der Waals surface area contributed by atoms with Crippen molar-refractivity contribution < 1.29 is 14.2 Å². The molecule has 138 valence electrons. The molecule has 0 aliphatic heterocycles. The molecule has 0 N–H and O–H groups in total. The van der Waals surface area contributed by atoms with Gasteiger partial charge in [0, 0.05) is 5.41 Å². The second-order valence-corrected chi connectivity index (χ2v) is 7.81. The zero-order valence-electron chi connectivity index (χ0n) is 15.7. The summed E-state index contributed by atoms with van der Waals surface area (Å²) in [5.41, 5.74) is 4.34. The molecule has 1 saturated carbocycles. The Balaban J connectivity index is 1.38. The van der Waals surface area contributed by atoms with Crippen molar-refractivity contribution in [1.29, 1.82) is 0 Å². The van der Waals surface area contributed by atoms with Crippen LogP contribution in [0.3, 0.4) is 0 Å². The van der Waals surface area contributed by atoms with Gasteiger partial charge in [-0.2, -0.15) is 0 Å². The molecule has 26 heavy (non-hydrogen) atoms. The molecule has 2 aromatic carbocycles. The first-order valence-electron chi connectivity index (χ1n) is 9.61. The fourth-order valence-electron chi connectivity index (χ4n) is 4.86. The van der Waals surface area contributed by atoms with Gasteiger partial charge in [-0.25, -0.2) is 0 Å². The first-order valence-corrected chi connectivity index (χ1v) is 9.61. The van der Waals surface area contributed by atoms with Gasteiger partial charge in [0.25, 0.3) is 0 Å². The third-order valence-corrected chi connectivity index (χ3v) is 6.37. The minimum absolute atomic E-state index is 0.206. The number of aryl methyl sites for hydroxylation is 1. The van der Waals surface area contributed by atoms with E-state index in [2.05, 4.69) is 37.3 Å². The third kappa shape index (κ3) is 3.26. The lowest BCUT2D eigenvalue weighted by atomic mass is 9.66. The number of benzene rings is 2. The molecule has 3 atom stereocenters. The maximum Gasteiger partial charge on any atom is 0.147 e. The molecule has 0 spiro atoms. The van der Waals surface area contributed by atoms with E-state index in [1.807, 2.05) is 18.2 Å². The van der Waals surface area contributed by atoms with E-state index < -0.39 is 0 Å². The molecular formula is C23H28O3. The molecule has 0 bridgehead atoms. The van der Waals surface area contributed by atoms with Crippen LogP contribution in [0.25, 0.3) is 0 Å². The Kier molecular flexibility index (Phi) is 5.01. The third-order valence-electron chi connectivity index (χ3n) is 6.37. The van der Waals surface area contributed by atoms with Crippen molar-refractivity contribution in [2.45, 2.75) is 51.2 Å². The van der Waals surface area contributed by atoms with Crippen LogP contribution < -0.4 is 4.74 Å². The van der Waals surface area contributed by atoms with Crippen LogP contribution >= 0.6 is 0 Å². The molecule has 0 aromatic heterocycles. The largest absolute Gasteiger partial charge is 0.497 e. The van der Waals surface area contributed by atoms with Crippen molar-refractivity contribution in [3.8, 4) is 5.75 Å². The zero-order valence-corrected chi connectivity index (χ0v) is 15.7. The summed E-state index contributed by atoms with van der Waals surface area (Å²) in [6.45, 7) is 3.38. The standard InChI is InChI=1S/C23H28O3/c1-23-13-12-18-14-19(24-2)8-9-20(18)21(23)10-11-22(23)26-16-25-15-17-6-4-3-5-7-17/h3-9,14,21-22H,10-13,15-16H2,1-2H3/t21-,22+,23-/m1/s1. The van der Waals surface area contributed by atoms with Gasteiger partial charge in [-0.05, 0) is 60.4 Å². The number of hydrogen-bond acceptors (Lipinski definition) is 3. The monoisotopic (exact) mass is 352 g/mol. The molecule has 2 aliphatic rings. The Hall–Kier alpha value is -1.84. The number of fused-ring (bicyclic) bond motifs is 3. The van der Waals surface area contributed by atoms with E-state index in [1.54, 1.807) is 7.11 Å². The van der Waals surface area contributed by atoms with E-state index in [-0.39, 0.29) is 11.5 Å². The summed E-state index contributed by atoms with van der Waals surface area (Å²) >= 11 is 0. The molecule has 2 aromatic rings. The van der Waals surface area contributed by atoms with E-state index in [4.69, 9.17) is 14.2 Å². The molecule has 0 radical (unpaired) electrons. The minimum atomic E-state index is 0.206. The molecule has 3 nitrogen and oxygen atoms in total.